The van der Waals surface area contributed by atoms with Crippen LogP contribution in [0.1, 0.15) is 57.4 Å². The number of anilines is 1. The molecule has 2 heterocycles. The van der Waals surface area contributed by atoms with Crippen molar-refractivity contribution in [3.05, 3.63) is 17.7 Å². The lowest BCUT2D eigenvalue weighted by Gasteiger charge is -2.37. The van der Waals surface area contributed by atoms with E-state index in [0.29, 0.717) is 36.4 Å². The third-order valence-electron chi connectivity index (χ3n) is 7.03. The Balaban J connectivity index is 1.53. The molecule has 0 spiro atoms. The molecule has 0 aromatic heterocycles. The van der Waals surface area contributed by atoms with Crippen LogP contribution in [0.25, 0.3) is 0 Å². The maximum Gasteiger partial charge on any atom is 0.265 e. The van der Waals surface area contributed by atoms with Gasteiger partial charge < -0.3 is 15.0 Å². The number of carbonyl (C=O) groups excluding carboxylic acids is 2. The predicted octanol–water partition coefficient (Wildman–Crippen LogP) is 2.91. The molecule has 32 heavy (non-hydrogen) atoms. The lowest BCUT2D eigenvalue weighted by atomic mass is 9.92. The van der Waals surface area contributed by atoms with Gasteiger partial charge in [-0.2, -0.15) is 4.31 Å². The Morgan fingerprint density at radius 3 is 2.59 bits per heavy atom. The molecule has 2 atom stereocenters. The Bertz CT molecular complexity index is 1000. The zero-order valence-electron chi connectivity index (χ0n) is 19.1. The van der Waals surface area contributed by atoms with Gasteiger partial charge in [0.2, 0.25) is 15.9 Å². The van der Waals surface area contributed by atoms with E-state index in [9.17, 15) is 18.0 Å². The summed E-state index contributed by atoms with van der Waals surface area (Å²) in [4.78, 5) is 27.1. The van der Waals surface area contributed by atoms with E-state index in [-0.39, 0.29) is 35.2 Å². The van der Waals surface area contributed by atoms with Gasteiger partial charge in [-0.05, 0) is 51.2 Å². The summed E-state index contributed by atoms with van der Waals surface area (Å²) in [6.07, 6.45) is 6.24. The molecule has 0 radical (unpaired) electrons. The van der Waals surface area contributed by atoms with Crippen LogP contribution in [-0.4, -0.2) is 61.7 Å². The Morgan fingerprint density at radius 2 is 1.88 bits per heavy atom. The fraction of sp³-hybridized carbons (Fsp3) is 0.652. The highest BCUT2D eigenvalue weighted by molar-refractivity contribution is 7.89. The quantitative estimate of drug-likeness (QED) is 0.741. The van der Waals surface area contributed by atoms with E-state index in [1.807, 2.05) is 11.9 Å². The van der Waals surface area contributed by atoms with E-state index >= 15 is 0 Å². The largest absolute Gasteiger partial charge is 0.479 e. The van der Waals surface area contributed by atoms with Crippen LogP contribution >= 0.6 is 0 Å². The maximum absolute atomic E-state index is 13.5. The van der Waals surface area contributed by atoms with Gasteiger partial charge in [-0.1, -0.05) is 19.3 Å². The van der Waals surface area contributed by atoms with Gasteiger partial charge in [0.15, 0.2) is 6.10 Å². The second kappa shape index (κ2) is 9.02. The molecule has 176 valence electrons. The standard InChI is InChI=1S/C23H33N3O5S/c1-15-12-19-20(31-16(2)22(27)24-19)13-21(15)32(29,30)26-11-7-8-17(14-26)23(28)25(3)18-9-5-4-6-10-18/h12-13,16-18H,4-11,14H2,1-3H3,(H,24,27)/t16-,17+/m1/s1. The van der Waals surface area contributed by atoms with E-state index in [1.54, 1.807) is 19.9 Å². The Labute approximate surface area is 190 Å². The number of sulfonamides is 1. The zero-order valence-corrected chi connectivity index (χ0v) is 19.9. The van der Waals surface area contributed by atoms with Crippen molar-refractivity contribution < 1.29 is 22.7 Å². The minimum atomic E-state index is -3.80. The average Bonchev–Trinajstić information content (AvgIpc) is 2.79. The van der Waals surface area contributed by atoms with Crippen molar-refractivity contribution in [2.24, 2.45) is 5.92 Å². The second-order valence-corrected chi connectivity index (χ2v) is 11.2. The van der Waals surface area contributed by atoms with Crippen molar-refractivity contribution in [1.82, 2.24) is 9.21 Å². The summed E-state index contributed by atoms with van der Waals surface area (Å²) in [6, 6.07) is 3.39. The van der Waals surface area contributed by atoms with Crippen LogP contribution in [-0.2, 0) is 19.6 Å². The molecule has 0 bridgehead atoms. The molecule has 9 heteroatoms. The summed E-state index contributed by atoms with van der Waals surface area (Å²) in [6.45, 7) is 3.92. The number of benzene rings is 1. The highest BCUT2D eigenvalue weighted by Gasteiger charge is 2.37. The normalized spacial score (nSPS) is 24.9. The van der Waals surface area contributed by atoms with Gasteiger partial charge in [0.05, 0.1) is 16.5 Å². The predicted molar refractivity (Wildman–Crippen MR) is 121 cm³/mol. The number of fused-ring (bicyclic) bond motifs is 1. The van der Waals surface area contributed by atoms with Gasteiger partial charge in [-0.25, -0.2) is 8.42 Å². The van der Waals surface area contributed by atoms with Crippen LogP contribution < -0.4 is 10.1 Å². The van der Waals surface area contributed by atoms with Crippen molar-refractivity contribution >= 4 is 27.5 Å². The lowest BCUT2D eigenvalue weighted by Crippen LogP contribution is -2.48. The van der Waals surface area contributed by atoms with Crippen LogP contribution in [0.4, 0.5) is 5.69 Å². The molecule has 1 saturated carbocycles. The number of aryl methyl sites for hydroxylation is 1. The summed E-state index contributed by atoms with van der Waals surface area (Å²) >= 11 is 0. The molecule has 2 amide bonds. The molecular weight excluding hydrogens is 430 g/mol. The van der Waals surface area contributed by atoms with E-state index < -0.39 is 16.1 Å². The minimum Gasteiger partial charge on any atom is -0.479 e. The molecule has 1 aliphatic carbocycles. The molecule has 8 nitrogen and oxygen atoms in total. The van der Waals surface area contributed by atoms with Crippen molar-refractivity contribution in [2.45, 2.75) is 75.8 Å². The first kappa shape index (κ1) is 23.0. The number of ether oxygens (including phenoxy) is 1. The minimum absolute atomic E-state index is 0.0545. The molecule has 1 saturated heterocycles. The van der Waals surface area contributed by atoms with Crippen LogP contribution in [0.2, 0.25) is 0 Å². The van der Waals surface area contributed by atoms with Crippen molar-refractivity contribution in [3.63, 3.8) is 0 Å². The number of rotatable bonds is 4. The number of amides is 2. The van der Waals surface area contributed by atoms with Crippen LogP contribution in [0.5, 0.6) is 5.75 Å². The molecular formula is C23H33N3O5S. The third-order valence-corrected chi connectivity index (χ3v) is 9.04. The molecule has 3 aliphatic rings. The van der Waals surface area contributed by atoms with Crippen molar-refractivity contribution in [1.29, 1.82) is 0 Å². The summed E-state index contributed by atoms with van der Waals surface area (Å²) in [5.41, 5.74) is 1.01. The van der Waals surface area contributed by atoms with Crippen LogP contribution in [0.3, 0.4) is 0 Å². The highest BCUT2D eigenvalue weighted by atomic mass is 32.2. The average molecular weight is 464 g/mol. The SMILES string of the molecule is Cc1cc2c(cc1S(=O)(=O)N1CCC[C@H](C(=O)N(C)C3CCCCC3)C1)O[C@H](C)C(=O)N2. The number of nitrogens with zero attached hydrogens (tertiary/aromatic N) is 2. The van der Waals surface area contributed by atoms with E-state index in [2.05, 4.69) is 5.32 Å². The first-order valence-electron chi connectivity index (χ1n) is 11.6. The first-order valence-corrected chi connectivity index (χ1v) is 13.0. The van der Waals surface area contributed by atoms with Gasteiger partial charge in [-0.3, -0.25) is 9.59 Å². The topological polar surface area (TPSA) is 96.0 Å². The number of nitrogens with one attached hydrogen (secondary N) is 1. The fourth-order valence-corrected chi connectivity index (χ4v) is 6.80. The molecule has 2 aliphatic heterocycles. The maximum atomic E-state index is 13.5. The molecule has 4 rings (SSSR count). The summed E-state index contributed by atoms with van der Waals surface area (Å²) in [5.74, 6) is -0.173. The molecule has 1 aromatic rings. The first-order chi connectivity index (χ1) is 15.2. The van der Waals surface area contributed by atoms with Gasteiger partial charge in [-0.15, -0.1) is 0 Å². The zero-order chi connectivity index (χ0) is 23.0. The summed E-state index contributed by atoms with van der Waals surface area (Å²) in [5, 5.41) is 2.75. The van der Waals surface area contributed by atoms with Gasteiger partial charge in [0.1, 0.15) is 5.75 Å². The van der Waals surface area contributed by atoms with E-state index in [1.165, 1.54) is 16.8 Å². The van der Waals surface area contributed by atoms with Crippen LogP contribution in [0.15, 0.2) is 17.0 Å². The number of piperidine rings is 1. The van der Waals surface area contributed by atoms with Crippen molar-refractivity contribution in [2.75, 3.05) is 25.5 Å². The molecule has 2 fully saturated rings. The smallest absolute Gasteiger partial charge is 0.265 e. The lowest BCUT2D eigenvalue weighted by molar-refractivity contribution is -0.138. The Kier molecular flexibility index (Phi) is 6.49. The highest BCUT2D eigenvalue weighted by Crippen LogP contribution is 2.36. The van der Waals surface area contributed by atoms with E-state index in [4.69, 9.17) is 4.74 Å². The van der Waals surface area contributed by atoms with Gasteiger partial charge >= 0.3 is 0 Å². The van der Waals surface area contributed by atoms with E-state index in [0.717, 1.165) is 25.7 Å². The molecule has 1 aromatic carbocycles. The van der Waals surface area contributed by atoms with Gasteiger partial charge in [0.25, 0.3) is 5.91 Å². The molecule has 1 N–H and O–H groups in total. The number of carbonyl (C=O) groups is 2. The number of hydrogen-bond acceptors (Lipinski definition) is 5. The Morgan fingerprint density at radius 1 is 1.16 bits per heavy atom. The summed E-state index contributed by atoms with van der Waals surface area (Å²) < 4.78 is 34.1. The summed E-state index contributed by atoms with van der Waals surface area (Å²) in [7, 11) is -1.94. The van der Waals surface area contributed by atoms with Gasteiger partial charge in [0, 0.05) is 32.2 Å². The third kappa shape index (κ3) is 4.37. The Hall–Kier alpha value is -2.13. The van der Waals surface area contributed by atoms with Crippen LogP contribution in [0, 0.1) is 12.8 Å². The second-order valence-electron chi connectivity index (χ2n) is 9.31. The monoisotopic (exact) mass is 463 g/mol. The molecule has 0 unspecified atom stereocenters. The fourth-order valence-electron chi connectivity index (χ4n) is 5.06. The number of hydrogen-bond donors (Lipinski definition) is 1. The van der Waals surface area contributed by atoms with Crippen molar-refractivity contribution in [3.8, 4) is 5.75 Å².